The van der Waals surface area contributed by atoms with Gasteiger partial charge in [0.1, 0.15) is 5.82 Å². The van der Waals surface area contributed by atoms with Crippen LogP contribution < -0.4 is 10.2 Å². The van der Waals surface area contributed by atoms with Crippen LogP contribution in [0.25, 0.3) is 0 Å². The summed E-state index contributed by atoms with van der Waals surface area (Å²) in [5.74, 6) is 0.173. The highest BCUT2D eigenvalue weighted by Crippen LogP contribution is 2.34. The zero-order chi connectivity index (χ0) is 14.9. The van der Waals surface area contributed by atoms with Crippen molar-refractivity contribution in [1.82, 2.24) is 10.3 Å². The number of hydrogen-bond donors (Lipinski definition) is 1. The molecule has 0 aromatic carbocycles. The second-order valence-electron chi connectivity index (χ2n) is 4.62. The predicted molar refractivity (Wildman–Crippen MR) is 68.7 cm³/mol. The van der Waals surface area contributed by atoms with E-state index in [1.807, 2.05) is 0 Å². The molecule has 1 aliphatic rings. The number of rotatable bonds is 1. The van der Waals surface area contributed by atoms with Gasteiger partial charge in [-0.3, -0.25) is 4.79 Å². The lowest BCUT2D eigenvalue weighted by atomic mass is 10.2. The topological polar surface area (TPSA) is 45.2 Å². The van der Waals surface area contributed by atoms with Gasteiger partial charge in [0.2, 0.25) is 5.91 Å². The number of pyridine rings is 1. The van der Waals surface area contributed by atoms with Crippen molar-refractivity contribution in [3.05, 3.63) is 22.8 Å². The third-order valence-corrected chi connectivity index (χ3v) is 3.39. The van der Waals surface area contributed by atoms with Crippen molar-refractivity contribution in [2.45, 2.75) is 25.6 Å². The first kappa shape index (κ1) is 14.9. The molecule has 0 saturated carbocycles. The fourth-order valence-electron chi connectivity index (χ4n) is 2.10. The van der Waals surface area contributed by atoms with Crippen LogP contribution in [0.5, 0.6) is 0 Å². The van der Waals surface area contributed by atoms with E-state index < -0.39 is 11.7 Å². The highest BCUT2D eigenvalue weighted by molar-refractivity contribution is 6.33. The number of hydrogen-bond acceptors (Lipinski definition) is 3. The first-order valence-electron chi connectivity index (χ1n) is 6.05. The number of nitrogens with zero attached hydrogens (tertiary/aromatic N) is 2. The van der Waals surface area contributed by atoms with Gasteiger partial charge in [0, 0.05) is 31.7 Å². The minimum absolute atomic E-state index is 0.0685. The van der Waals surface area contributed by atoms with Crippen molar-refractivity contribution in [2.75, 3.05) is 18.0 Å². The molecular weight excluding hydrogens is 295 g/mol. The van der Waals surface area contributed by atoms with Crippen LogP contribution in [-0.4, -0.2) is 30.0 Å². The second kappa shape index (κ2) is 5.47. The lowest BCUT2D eigenvalue weighted by molar-refractivity contribution is -0.137. The quantitative estimate of drug-likeness (QED) is 0.867. The Morgan fingerprint density at radius 3 is 2.80 bits per heavy atom. The molecule has 2 heterocycles. The number of carbonyl (C=O) groups excluding carboxylic acids is 1. The van der Waals surface area contributed by atoms with E-state index in [1.54, 1.807) is 11.8 Å². The summed E-state index contributed by atoms with van der Waals surface area (Å²) < 4.78 is 37.7. The van der Waals surface area contributed by atoms with Gasteiger partial charge in [-0.2, -0.15) is 13.2 Å². The SMILES string of the molecule is C[C@H]1CC(=O)NCCN1c1ncc(C(F)(F)F)cc1Cl. The van der Waals surface area contributed by atoms with Gasteiger partial charge in [-0.05, 0) is 13.0 Å². The number of anilines is 1. The minimum atomic E-state index is -4.48. The Bertz CT molecular complexity index is 521. The Kier molecular flexibility index (Phi) is 4.08. The largest absolute Gasteiger partial charge is 0.417 e. The average Bonchev–Trinajstić information content (AvgIpc) is 2.49. The van der Waals surface area contributed by atoms with Crippen LogP contribution in [0.15, 0.2) is 12.3 Å². The average molecular weight is 308 g/mol. The summed E-state index contributed by atoms with van der Waals surface area (Å²) in [6.45, 7) is 2.66. The molecule has 1 saturated heterocycles. The first-order chi connectivity index (χ1) is 9.29. The number of carbonyl (C=O) groups is 1. The van der Waals surface area contributed by atoms with Crippen LogP contribution in [0.4, 0.5) is 19.0 Å². The van der Waals surface area contributed by atoms with E-state index in [9.17, 15) is 18.0 Å². The Morgan fingerprint density at radius 2 is 2.20 bits per heavy atom. The van der Waals surface area contributed by atoms with Crippen molar-refractivity contribution in [2.24, 2.45) is 0 Å². The summed E-state index contributed by atoms with van der Waals surface area (Å²) in [5.41, 5.74) is -0.886. The second-order valence-corrected chi connectivity index (χ2v) is 5.03. The number of halogens is 4. The summed E-state index contributed by atoms with van der Waals surface area (Å²) in [6, 6.07) is 0.677. The molecule has 1 fully saturated rings. The highest BCUT2D eigenvalue weighted by atomic mass is 35.5. The van der Waals surface area contributed by atoms with Gasteiger partial charge >= 0.3 is 6.18 Å². The summed E-state index contributed by atoms with van der Waals surface area (Å²) in [7, 11) is 0. The molecule has 0 bridgehead atoms. The van der Waals surface area contributed by atoms with E-state index in [4.69, 9.17) is 11.6 Å². The fraction of sp³-hybridized carbons (Fsp3) is 0.500. The maximum absolute atomic E-state index is 12.6. The highest BCUT2D eigenvalue weighted by Gasteiger charge is 2.32. The van der Waals surface area contributed by atoms with Crippen molar-refractivity contribution >= 4 is 23.3 Å². The molecule has 1 aromatic rings. The molecule has 8 heteroatoms. The van der Waals surface area contributed by atoms with Crippen molar-refractivity contribution in [1.29, 1.82) is 0 Å². The molecule has 4 nitrogen and oxygen atoms in total. The summed E-state index contributed by atoms with van der Waals surface area (Å²) in [5, 5.41) is 2.63. The van der Waals surface area contributed by atoms with Gasteiger partial charge in [-0.25, -0.2) is 4.98 Å². The monoisotopic (exact) mass is 307 g/mol. The molecule has 0 radical (unpaired) electrons. The Labute approximate surface area is 118 Å². The number of amides is 1. The van der Waals surface area contributed by atoms with Gasteiger partial charge in [-0.1, -0.05) is 11.6 Å². The number of aromatic nitrogens is 1. The zero-order valence-corrected chi connectivity index (χ0v) is 11.4. The molecule has 1 atom stereocenters. The van der Waals surface area contributed by atoms with Crippen LogP contribution >= 0.6 is 11.6 Å². The van der Waals surface area contributed by atoms with Gasteiger partial charge in [0.15, 0.2) is 0 Å². The van der Waals surface area contributed by atoms with Crippen molar-refractivity contribution in [3.63, 3.8) is 0 Å². The molecule has 0 aliphatic carbocycles. The zero-order valence-electron chi connectivity index (χ0n) is 10.7. The normalized spacial score (nSPS) is 20.6. The van der Waals surface area contributed by atoms with E-state index in [0.29, 0.717) is 13.1 Å². The van der Waals surface area contributed by atoms with E-state index in [0.717, 1.165) is 12.3 Å². The third kappa shape index (κ3) is 3.15. The van der Waals surface area contributed by atoms with Gasteiger partial charge < -0.3 is 10.2 Å². The summed E-state index contributed by atoms with van der Waals surface area (Å²) in [6.07, 6.45) is -3.47. The van der Waals surface area contributed by atoms with Crippen LogP contribution in [0.2, 0.25) is 5.02 Å². The standard InChI is InChI=1S/C12H13ClF3N3O/c1-7-4-10(20)17-2-3-19(7)11-9(13)5-8(6-18-11)12(14,15)16/h5-7H,2-4H2,1H3,(H,17,20)/t7-/m0/s1. The molecule has 1 aliphatic heterocycles. The van der Waals surface area contributed by atoms with E-state index >= 15 is 0 Å². The minimum Gasteiger partial charge on any atom is -0.354 e. The summed E-state index contributed by atoms with van der Waals surface area (Å²) >= 11 is 5.91. The maximum Gasteiger partial charge on any atom is 0.417 e. The molecule has 0 spiro atoms. The van der Waals surface area contributed by atoms with E-state index in [2.05, 4.69) is 10.3 Å². The van der Waals surface area contributed by atoms with E-state index in [1.165, 1.54) is 0 Å². The molecule has 20 heavy (non-hydrogen) atoms. The van der Waals surface area contributed by atoms with Crippen molar-refractivity contribution < 1.29 is 18.0 Å². The van der Waals surface area contributed by atoms with Gasteiger partial charge in [0.25, 0.3) is 0 Å². The summed E-state index contributed by atoms with van der Waals surface area (Å²) in [4.78, 5) is 17.0. The Hall–Kier alpha value is -1.50. The Balaban J connectivity index is 2.30. The number of alkyl halides is 3. The van der Waals surface area contributed by atoms with Crippen LogP contribution in [-0.2, 0) is 11.0 Å². The van der Waals surface area contributed by atoms with Gasteiger partial charge in [-0.15, -0.1) is 0 Å². The molecule has 110 valence electrons. The van der Waals surface area contributed by atoms with Crippen LogP contribution in [0.3, 0.4) is 0 Å². The molecular formula is C12H13ClF3N3O. The first-order valence-corrected chi connectivity index (χ1v) is 6.43. The molecule has 2 rings (SSSR count). The Morgan fingerprint density at radius 1 is 1.50 bits per heavy atom. The lowest BCUT2D eigenvalue weighted by Gasteiger charge is -2.28. The smallest absolute Gasteiger partial charge is 0.354 e. The predicted octanol–water partition coefficient (Wildman–Crippen LogP) is 2.47. The molecule has 1 amide bonds. The number of nitrogens with one attached hydrogen (secondary N) is 1. The third-order valence-electron chi connectivity index (χ3n) is 3.11. The molecule has 1 N–H and O–H groups in total. The van der Waals surface area contributed by atoms with Crippen LogP contribution in [0.1, 0.15) is 18.9 Å². The van der Waals surface area contributed by atoms with Crippen LogP contribution in [0, 0.1) is 0 Å². The maximum atomic E-state index is 12.6. The van der Waals surface area contributed by atoms with Gasteiger partial charge in [0.05, 0.1) is 10.6 Å². The molecule has 0 unspecified atom stereocenters. The molecule has 1 aromatic heterocycles. The fourth-order valence-corrected chi connectivity index (χ4v) is 2.37. The van der Waals surface area contributed by atoms with Crippen molar-refractivity contribution in [3.8, 4) is 0 Å². The van der Waals surface area contributed by atoms with E-state index in [-0.39, 0.29) is 29.2 Å². The lowest BCUT2D eigenvalue weighted by Crippen LogP contribution is -2.35.